The van der Waals surface area contributed by atoms with Gasteiger partial charge in [0.25, 0.3) is 0 Å². The fourth-order valence-corrected chi connectivity index (χ4v) is 1.64. The van der Waals surface area contributed by atoms with Gasteiger partial charge in [0.05, 0.1) is 0 Å². The molecule has 0 aromatic heterocycles. The number of amides is 1. The van der Waals surface area contributed by atoms with Gasteiger partial charge in [0.15, 0.2) is 0 Å². The van der Waals surface area contributed by atoms with Crippen molar-refractivity contribution < 1.29 is 9.90 Å². The minimum absolute atomic E-state index is 0.00785. The fraction of sp³-hybridized carbons (Fsp3) is 0.400. The molecule has 0 aliphatic heterocycles. The zero-order valence-electron chi connectivity index (χ0n) is 11.1. The average molecular weight is 247 g/mol. The minimum Gasteiger partial charge on any atom is -0.396 e. The third kappa shape index (κ3) is 4.72. The van der Waals surface area contributed by atoms with Crippen LogP contribution >= 0.6 is 0 Å². The van der Waals surface area contributed by atoms with Gasteiger partial charge in [-0.1, -0.05) is 29.8 Å². The lowest BCUT2D eigenvalue weighted by molar-refractivity contribution is -0.125. The second kappa shape index (κ2) is 7.67. The molecule has 98 valence electrons. The summed E-state index contributed by atoms with van der Waals surface area (Å²) in [5.74, 6) is -0.00785. The van der Waals surface area contributed by atoms with E-state index in [9.17, 15) is 4.79 Å². The van der Waals surface area contributed by atoms with Crippen molar-refractivity contribution in [1.29, 1.82) is 0 Å². The van der Waals surface area contributed by atoms with Crippen molar-refractivity contribution in [2.45, 2.75) is 20.3 Å². The third-order valence-corrected chi connectivity index (χ3v) is 2.78. The maximum absolute atomic E-state index is 11.9. The Kier molecular flexibility index (Phi) is 6.15. The SMILES string of the molecule is CCN(CCCO)C(=O)/C=C/c1ccc(C)cc1. The Balaban J connectivity index is 2.59. The molecular formula is C15H21NO2. The first-order chi connectivity index (χ1) is 8.67. The summed E-state index contributed by atoms with van der Waals surface area (Å²) < 4.78 is 0. The number of aryl methyl sites for hydroxylation is 1. The van der Waals surface area contributed by atoms with Crippen molar-refractivity contribution in [2.24, 2.45) is 0 Å². The molecule has 3 heteroatoms. The van der Waals surface area contributed by atoms with E-state index in [4.69, 9.17) is 5.11 Å². The number of carbonyl (C=O) groups excluding carboxylic acids is 1. The second-order valence-corrected chi connectivity index (χ2v) is 4.24. The third-order valence-electron chi connectivity index (χ3n) is 2.78. The molecule has 1 aromatic carbocycles. The van der Waals surface area contributed by atoms with Crippen LogP contribution in [0.1, 0.15) is 24.5 Å². The van der Waals surface area contributed by atoms with Gasteiger partial charge in [0.2, 0.25) is 5.91 Å². The van der Waals surface area contributed by atoms with Crippen molar-refractivity contribution in [3.63, 3.8) is 0 Å². The number of aliphatic hydroxyl groups is 1. The molecule has 0 radical (unpaired) electrons. The van der Waals surface area contributed by atoms with Gasteiger partial charge in [-0.3, -0.25) is 4.79 Å². The highest BCUT2D eigenvalue weighted by molar-refractivity contribution is 5.91. The van der Waals surface area contributed by atoms with Gasteiger partial charge >= 0.3 is 0 Å². The van der Waals surface area contributed by atoms with E-state index in [-0.39, 0.29) is 12.5 Å². The number of hydrogen-bond donors (Lipinski definition) is 1. The number of benzene rings is 1. The van der Waals surface area contributed by atoms with Gasteiger partial charge < -0.3 is 10.0 Å². The zero-order valence-corrected chi connectivity index (χ0v) is 11.1. The summed E-state index contributed by atoms with van der Waals surface area (Å²) in [6, 6.07) is 8.02. The van der Waals surface area contributed by atoms with E-state index in [1.54, 1.807) is 11.0 Å². The van der Waals surface area contributed by atoms with Crippen molar-refractivity contribution in [3.8, 4) is 0 Å². The number of hydrogen-bond acceptors (Lipinski definition) is 2. The largest absolute Gasteiger partial charge is 0.396 e. The van der Waals surface area contributed by atoms with E-state index >= 15 is 0 Å². The lowest BCUT2D eigenvalue weighted by atomic mass is 10.1. The molecule has 0 spiro atoms. The first-order valence-electron chi connectivity index (χ1n) is 6.32. The van der Waals surface area contributed by atoms with E-state index in [1.807, 2.05) is 44.2 Å². The number of likely N-dealkylation sites (N-methyl/N-ethyl adjacent to an activating group) is 1. The van der Waals surface area contributed by atoms with E-state index < -0.39 is 0 Å². The van der Waals surface area contributed by atoms with E-state index in [0.717, 1.165) is 5.56 Å². The molecule has 0 aliphatic carbocycles. The fourth-order valence-electron chi connectivity index (χ4n) is 1.64. The summed E-state index contributed by atoms with van der Waals surface area (Å²) in [7, 11) is 0. The average Bonchev–Trinajstić information content (AvgIpc) is 2.39. The lowest BCUT2D eigenvalue weighted by Crippen LogP contribution is -2.30. The Morgan fingerprint density at radius 3 is 2.56 bits per heavy atom. The molecule has 0 bridgehead atoms. The predicted molar refractivity (Wildman–Crippen MR) is 74.2 cm³/mol. The molecule has 0 saturated carbocycles. The van der Waals surface area contributed by atoms with Crippen molar-refractivity contribution in [2.75, 3.05) is 19.7 Å². The zero-order chi connectivity index (χ0) is 13.4. The van der Waals surface area contributed by atoms with Crippen LogP contribution in [0.25, 0.3) is 6.08 Å². The standard InChI is InChI=1S/C15H21NO2/c1-3-16(11-4-12-17)15(18)10-9-14-7-5-13(2)6-8-14/h5-10,17H,3-4,11-12H2,1-2H3/b10-9+. The van der Waals surface area contributed by atoms with Crippen molar-refractivity contribution in [1.82, 2.24) is 4.90 Å². The Morgan fingerprint density at radius 1 is 1.33 bits per heavy atom. The molecule has 18 heavy (non-hydrogen) atoms. The van der Waals surface area contributed by atoms with Crippen molar-refractivity contribution in [3.05, 3.63) is 41.5 Å². The topological polar surface area (TPSA) is 40.5 Å². The first kappa shape index (κ1) is 14.5. The number of nitrogens with zero attached hydrogens (tertiary/aromatic N) is 1. The van der Waals surface area contributed by atoms with E-state index in [0.29, 0.717) is 19.5 Å². The second-order valence-electron chi connectivity index (χ2n) is 4.24. The summed E-state index contributed by atoms with van der Waals surface area (Å²) in [6.45, 7) is 5.36. The Bertz CT molecular complexity index is 395. The van der Waals surface area contributed by atoms with Gasteiger partial charge in [-0.2, -0.15) is 0 Å². The van der Waals surface area contributed by atoms with Crippen LogP contribution in [0.5, 0.6) is 0 Å². The molecule has 1 aromatic rings. The monoisotopic (exact) mass is 247 g/mol. The molecule has 0 saturated heterocycles. The van der Waals surface area contributed by atoms with E-state index in [2.05, 4.69) is 0 Å². The number of carbonyl (C=O) groups is 1. The number of aliphatic hydroxyl groups excluding tert-OH is 1. The Labute approximate surface area is 109 Å². The summed E-state index contributed by atoms with van der Waals surface area (Å²) in [5.41, 5.74) is 2.23. The van der Waals surface area contributed by atoms with Crippen LogP contribution in [0, 0.1) is 6.92 Å². The quantitative estimate of drug-likeness (QED) is 0.783. The summed E-state index contributed by atoms with van der Waals surface area (Å²) in [6.07, 6.45) is 4.03. The predicted octanol–water partition coefficient (Wildman–Crippen LogP) is 2.24. The molecule has 0 aliphatic rings. The first-order valence-corrected chi connectivity index (χ1v) is 6.32. The van der Waals surface area contributed by atoms with Crippen LogP contribution in [0.2, 0.25) is 0 Å². The van der Waals surface area contributed by atoms with Gasteiger partial charge in [-0.15, -0.1) is 0 Å². The van der Waals surface area contributed by atoms with Crippen LogP contribution in [0.4, 0.5) is 0 Å². The summed E-state index contributed by atoms with van der Waals surface area (Å²) in [4.78, 5) is 13.6. The minimum atomic E-state index is -0.00785. The Hall–Kier alpha value is -1.61. The Morgan fingerprint density at radius 2 is 2.00 bits per heavy atom. The smallest absolute Gasteiger partial charge is 0.246 e. The van der Waals surface area contributed by atoms with Gasteiger partial charge in [0.1, 0.15) is 0 Å². The van der Waals surface area contributed by atoms with Crippen LogP contribution in [0.3, 0.4) is 0 Å². The summed E-state index contributed by atoms with van der Waals surface area (Å²) >= 11 is 0. The van der Waals surface area contributed by atoms with Crippen molar-refractivity contribution >= 4 is 12.0 Å². The highest BCUT2D eigenvalue weighted by Gasteiger charge is 2.06. The normalized spacial score (nSPS) is 10.8. The molecule has 1 amide bonds. The maximum atomic E-state index is 11.9. The molecule has 0 unspecified atom stereocenters. The lowest BCUT2D eigenvalue weighted by Gasteiger charge is -2.18. The van der Waals surface area contributed by atoms with E-state index in [1.165, 1.54) is 5.56 Å². The number of rotatable bonds is 6. The molecule has 0 fully saturated rings. The molecule has 1 N–H and O–H groups in total. The summed E-state index contributed by atoms with van der Waals surface area (Å²) in [5, 5.41) is 8.77. The molecule has 0 atom stereocenters. The van der Waals surface area contributed by atoms with Crippen LogP contribution in [-0.4, -0.2) is 35.6 Å². The molecule has 0 heterocycles. The highest BCUT2D eigenvalue weighted by atomic mass is 16.3. The molecule has 1 rings (SSSR count). The highest BCUT2D eigenvalue weighted by Crippen LogP contribution is 2.05. The maximum Gasteiger partial charge on any atom is 0.246 e. The molecule has 3 nitrogen and oxygen atoms in total. The van der Waals surface area contributed by atoms with Crippen LogP contribution in [0.15, 0.2) is 30.3 Å². The van der Waals surface area contributed by atoms with Gasteiger partial charge in [0, 0.05) is 25.8 Å². The molecular weight excluding hydrogens is 226 g/mol. The van der Waals surface area contributed by atoms with Gasteiger partial charge in [-0.25, -0.2) is 0 Å². The van der Waals surface area contributed by atoms with Crippen LogP contribution < -0.4 is 0 Å². The van der Waals surface area contributed by atoms with Crippen LogP contribution in [-0.2, 0) is 4.79 Å². The van der Waals surface area contributed by atoms with Gasteiger partial charge in [-0.05, 0) is 31.9 Å².